The molecule has 0 saturated carbocycles. The summed E-state index contributed by atoms with van der Waals surface area (Å²) in [5.41, 5.74) is 4.85. The molecule has 0 heterocycles. The molecule has 0 aliphatic carbocycles. The highest BCUT2D eigenvalue weighted by atomic mass is 16.6. The van der Waals surface area contributed by atoms with Gasteiger partial charge in [-0.15, -0.1) is 0 Å². The van der Waals surface area contributed by atoms with Crippen LogP contribution in [0.2, 0.25) is 0 Å². The fourth-order valence-corrected chi connectivity index (χ4v) is 0.152. The van der Waals surface area contributed by atoms with Gasteiger partial charge in [0.15, 0.2) is 0 Å². The first-order valence-electron chi connectivity index (χ1n) is 2.98. The van der Waals surface area contributed by atoms with E-state index < -0.39 is 11.1 Å². The van der Waals surface area contributed by atoms with Gasteiger partial charge in [0.2, 0.25) is 0 Å². The van der Waals surface area contributed by atoms with Crippen molar-refractivity contribution < 1.29 is 4.84 Å². The second kappa shape index (κ2) is 2.25. The van der Waals surface area contributed by atoms with Crippen LogP contribution in [0.25, 0.3) is 0 Å². The Morgan fingerprint density at radius 2 is 1.44 bits per heavy atom. The fourth-order valence-electron chi connectivity index (χ4n) is 0.152. The third-order valence-corrected chi connectivity index (χ3v) is 1.85. The van der Waals surface area contributed by atoms with Crippen molar-refractivity contribution in [3.63, 3.8) is 0 Å². The maximum absolute atomic E-state index is 5.72. The Balaban J connectivity index is 4.14. The van der Waals surface area contributed by atoms with Crippen molar-refractivity contribution in [1.29, 1.82) is 0 Å². The molecular weight excluding hydrogens is 116 g/mol. The van der Waals surface area contributed by atoms with Crippen LogP contribution in [0.15, 0.2) is 0 Å². The van der Waals surface area contributed by atoms with Crippen LogP contribution in [-0.4, -0.2) is 11.1 Å². The van der Waals surface area contributed by atoms with Gasteiger partial charge in [0.05, 0.1) is 0 Å². The Kier molecular flexibility index (Phi) is 2.22. The minimum atomic E-state index is -0.465. The lowest BCUT2D eigenvalue weighted by atomic mass is 9.87. The molecule has 0 rings (SSSR count). The molecule has 0 aliphatic heterocycles. The van der Waals surface area contributed by atoms with E-state index in [0.717, 1.165) is 0 Å². The molecule has 0 radical (unpaired) electrons. The molecule has 56 valence electrons. The largest absolute Gasteiger partial charge is 0.323 e. The number of rotatable bonds is 2. The van der Waals surface area contributed by atoms with Gasteiger partial charge in [-0.2, -0.15) is 0 Å². The van der Waals surface area contributed by atoms with Gasteiger partial charge in [0.1, 0.15) is 5.60 Å². The monoisotopic (exact) mass is 132 g/mol. The van der Waals surface area contributed by atoms with E-state index in [0.29, 0.717) is 0 Å². The normalized spacial score (nSPS) is 14.0. The van der Waals surface area contributed by atoms with Crippen LogP contribution < -0.4 is 11.6 Å². The second-order valence-electron chi connectivity index (χ2n) is 3.35. The molecule has 3 nitrogen and oxygen atoms in total. The van der Waals surface area contributed by atoms with Crippen LogP contribution in [0, 0.1) is 0 Å². The summed E-state index contributed by atoms with van der Waals surface area (Å²) >= 11 is 0. The quantitative estimate of drug-likeness (QED) is 0.534. The second-order valence-corrected chi connectivity index (χ2v) is 3.35. The molecule has 0 amide bonds. The van der Waals surface area contributed by atoms with Crippen LogP contribution in [-0.2, 0) is 4.84 Å². The van der Waals surface area contributed by atoms with Crippen LogP contribution in [0.5, 0.6) is 0 Å². The van der Waals surface area contributed by atoms with E-state index in [-0.39, 0.29) is 0 Å². The molecular formula is C6H16N2O. The summed E-state index contributed by atoms with van der Waals surface area (Å²) < 4.78 is 0. The molecule has 0 saturated heterocycles. The molecule has 0 aromatic carbocycles. The molecule has 3 heteroatoms. The summed E-state index contributed by atoms with van der Waals surface area (Å²) in [6, 6.07) is 0. The van der Waals surface area contributed by atoms with Crippen molar-refractivity contribution in [1.82, 2.24) is 0 Å². The van der Waals surface area contributed by atoms with E-state index in [2.05, 4.69) is 4.84 Å². The lowest BCUT2D eigenvalue weighted by molar-refractivity contribution is -0.0643. The van der Waals surface area contributed by atoms with Gasteiger partial charge >= 0.3 is 0 Å². The summed E-state index contributed by atoms with van der Waals surface area (Å²) in [5, 5.41) is 0. The molecule has 0 aromatic heterocycles. The highest BCUT2D eigenvalue weighted by molar-refractivity contribution is 4.90. The van der Waals surface area contributed by atoms with Gasteiger partial charge in [-0.3, -0.25) is 4.84 Å². The van der Waals surface area contributed by atoms with Gasteiger partial charge < -0.3 is 5.73 Å². The molecule has 0 fully saturated rings. The summed E-state index contributed by atoms with van der Waals surface area (Å²) in [5.74, 6) is 5.01. The Hall–Kier alpha value is -0.120. The van der Waals surface area contributed by atoms with Gasteiger partial charge in [0.25, 0.3) is 0 Å². The van der Waals surface area contributed by atoms with Crippen LogP contribution in [0.4, 0.5) is 0 Å². The third kappa shape index (κ3) is 1.93. The van der Waals surface area contributed by atoms with Crippen molar-refractivity contribution in [3.8, 4) is 0 Å². The van der Waals surface area contributed by atoms with Crippen molar-refractivity contribution >= 4 is 0 Å². The van der Waals surface area contributed by atoms with Crippen molar-refractivity contribution in [3.05, 3.63) is 0 Å². The molecule has 0 atom stereocenters. The molecule has 0 aromatic rings. The molecule has 0 aliphatic rings. The molecule has 9 heavy (non-hydrogen) atoms. The van der Waals surface area contributed by atoms with Gasteiger partial charge in [-0.25, -0.2) is 5.90 Å². The molecule has 4 N–H and O–H groups in total. The van der Waals surface area contributed by atoms with E-state index in [1.807, 2.05) is 27.7 Å². The van der Waals surface area contributed by atoms with E-state index in [4.69, 9.17) is 11.6 Å². The number of nitrogens with two attached hydrogens (primary N) is 2. The minimum Gasteiger partial charge on any atom is -0.323 e. The lowest BCUT2D eigenvalue weighted by Gasteiger charge is -2.35. The first-order valence-corrected chi connectivity index (χ1v) is 2.98. The molecule has 0 bridgehead atoms. The first-order chi connectivity index (χ1) is 3.81. The van der Waals surface area contributed by atoms with E-state index in [9.17, 15) is 0 Å². The van der Waals surface area contributed by atoms with Crippen LogP contribution in [0.1, 0.15) is 27.7 Å². The van der Waals surface area contributed by atoms with Gasteiger partial charge in [-0.05, 0) is 27.7 Å². The van der Waals surface area contributed by atoms with Crippen molar-refractivity contribution in [2.24, 2.45) is 11.6 Å². The lowest BCUT2D eigenvalue weighted by Crippen LogP contribution is -2.55. The topological polar surface area (TPSA) is 61.3 Å². The van der Waals surface area contributed by atoms with E-state index in [1.54, 1.807) is 0 Å². The SMILES string of the molecule is CC(C)(N)C(C)(C)ON. The minimum absolute atomic E-state index is 0.401. The summed E-state index contributed by atoms with van der Waals surface area (Å²) in [7, 11) is 0. The zero-order chi connectivity index (χ0) is 7.71. The average molecular weight is 132 g/mol. The highest BCUT2D eigenvalue weighted by Gasteiger charge is 2.33. The van der Waals surface area contributed by atoms with E-state index >= 15 is 0 Å². The van der Waals surface area contributed by atoms with Gasteiger partial charge in [0, 0.05) is 5.54 Å². The first kappa shape index (κ1) is 8.88. The standard InChI is InChI=1S/C6H16N2O/c1-5(2,7)6(3,4)9-8/h7-8H2,1-4H3. The third-order valence-electron chi connectivity index (χ3n) is 1.85. The Morgan fingerprint density at radius 3 is 1.44 bits per heavy atom. The number of hydrogen-bond donors (Lipinski definition) is 2. The fraction of sp³-hybridized carbons (Fsp3) is 1.00. The number of hydrogen-bond acceptors (Lipinski definition) is 3. The summed E-state index contributed by atoms with van der Waals surface area (Å²) in [6.07, 6.45) is 0. The van der Waals surface area contributed by atoms with E-state index in [1.165, 1.54) is 0 Å². The Bertz CT molecular complexity index is 93.7. The zero-order valence-corrected chi connectivity index (χ0v) is 6.56. The maximum atomic E-state index is 5.72. The average Bonchev–Trinajstić information content (AvgIpc) is 1.64. The predicted octanol–water partition coefficient (Wildman–Crippen LogP) is 0.393. The highest BCUT2D eigenvalue weighted by Crippen LogP contribution is 2.19. The predicted molar refractivity (Wildman–Crippen MR) is 37.6 cm³/mol. The van der Waals surface area contributed by atoms with Crippen LogP contribution in [0.3, 0.4) is 0 Å². The summed E-state index contributed by atoms with van der Waals surface area (Å²) in [4.78, 5) is 4.68. The molecule has 0 spiro atoms. The van der Waals surface area contributed by atoms with Gasteiger partial charge in [-0.1, -0.05) is 0 Å². The smallest absolute Gasteiger partial charge is 0.101 e. The maximum Gasteiger partial charge on any atom is 0.101 e. The van der Waals surface area contributed by atoms with Crippen molar-refractivity contribution in [2.75, 3.05) is 0 Å². The summed E-state index contributed by atoms with van der Waals surface area (Å²) in [6.45, 7) is 7.46. The van der Waals surface area contributed by atoms with Crippen molar-refractivity contribution in [2.45, 2.75) is 38.8 Å². The Labute approximate surface area is 56.3 Å². The Morgan fingerprint density at radius 1 is 1.11 bits per heavy atom. The molecule has 0 unspecified atom stereocenters. The zero-order valence-electron chi connectivity index (χ0n) is 6.56. The van der Waals surface area contributed by atoms with Crippen LogP contribution >= 0.6 is 0 Å².